The van der Waals surface area contributed by atoms with E-state index in [1.54, 1.807) is 9.47 Å². The average molecular weight is 403 g/mol. The van der Waals surface area contributed by atoms with Gasteiger partial charge in [0.2, 0.25) is 5.43 Å². The maximum Gasteiger partial charge on any atom is 0.341 e. The van der Waals surface area contributed by atoms with E-state index < -0.39 is 17.2 Å². The van der Waals surface area contributed by atoms with Gasteiger partial charge in [-0.1, -0.05) is 5.16 Å². The van der Waals surface area contributed by atoms with Gasteiger partial charge in [0.25, 0.3) is 0 Å². The minimum Gasteiger partial charge on any atom is -0.477 e. The Labute approximate surface area is 165 Å². The van der Waals surface area contributed by atoms with Crippen LogP contribution in [0.4, 0.5) is 10.2 Å². The number of nitrogens with zero attached hydrogens (tertiary/aromatic N) is 4. The lowest BCUT2D eigenvalue weighted by Gasteiger charge is -2.19. The Morgan fingerprint density at radius 2 is 2.24 bits per heavy atom. The first-order chi connectivity index (χ1) is 13.9. The minimum atomic E-state index is -1.33. The molecular formula is C19H22FN5O4. The largest absolute Gasteiger partial charge is 0.477 e. The van der Waals surface area contributed by atoms with Gasteiger partial charge in [0.05, 0.1) is 17.6 Å². The van der Waals surface area contributed by atoms with Crippen LogP contribution in [-0.4, -0.2) is 53.1 Å². The van der Waals surface area contributed by atoms with Gasteiger partial charge in [0.15, 0.2) is 11.6 Å². The molecule has 0 radical (unpaired) electrons. The molecule has 2 aliphatic rings. The van der Waals surface area contributed by atoms with E-state index in [0.717, 1.165) is 24.6 Å². The van der Waals surface area contributed by atoms with Gasteiger partial charge >= 0.3 is 5.97 Å². The Kier molecular flexibility index (Phi) is 4.95. The topological polar surface area (TPSA) is 123 Å². The fourth-order valence-corrected chi connectivity index (χ4v) is 3.84. The van der Waals surface area contributed by atoms with Crippen LogP contribution in [-0.2, 0) is 4.84 Å². The van der Waals surface area contributed by atoms with Crippen molar-refractivity contribution in [2.75, 3.05) is 31.6 Å². The van der Waals surface area contributed by atoms with Crippen molar-refractivity contribution < 1.29 is 19.1 Å². The van der Waals surface area contributed by atoms with Crippen LogP contribution in [0.3, 0.4) is 0 Å². The number of hydrogen-bond donors (Lipinski definition) is 2. The van der Waals surface area contributed by atoms with Gasteiger partial charge < -0.3 is 25.1 Å². The van der Waals surface area contributed by atoms with E-state index in [1.165, 1.54) is 13.3 Å². The number of oxime groups is 1. The highest BCUT2D eigenvalue weighted by atomic mass is 19.1. The van der Waals surface area contributed by atoms with E-state index in [4.69, 9.17) is 10.6 Å². The van der Waals surface area contributed by atoms with Crippen LogP contribution in [0.25, 0.3) is 11.0 Å². The zero-order valence-corrected chi connectivity index (χ0v) is 16.0. The van der Waals surface area contributed by atoms with Gasteiger partial charge in [-0.15, -0.1) is 0 Å². The molecule has 2 fully saturated rings. The Bertz CT molecular complexity index is 1060. The molecule has 0 amide bonds. The summed E-state index contributed by atoms with van der Waals surface area (Å²) in [5, 5.41) is 13.4. The highest BCUT2D eigenvalue weighted by Gasteiger charge is 2.33. The normalized spacial score (nSPS) is 20.6. The molecule has 0 bridgehead atoms. The van der Waals surface area contributed by atoms with Crippen LogP contribution < -0.4 is 16.1 Å². The van der Waals surface area contributed by atoms with Gasteiger partial charge in [-0.2, -0.15) is 0 Å². The first-order valence-electron chi connectivity index (χ1n) is 9.48. The number of halogens is 1. The number of aromatic carboxylic acids is 1. The molecule has 1 unspecified atom stereocenters. The molecule has 3 N–H and O–H groups in total. The Morgan fingerprint density at radius 3 is 2.86 bits per heavy atom. The van der Waals surface area contributed by atoms with Crippen molar-refractivity contribution in [2.45, 2.75) is 25.3 Å². The Hall–Kier alpha value is -3.01. The number of hydrogen-bond acceptors (Lipinski definition) is 7. The quantitative estimate of drug-likeness (QED) is 0.698. The van der Waals surface area contributed by atoms with Crippen molar-refractivity contribution >= 4 is 28.5 Å². The third-order valence-electron chi connectivity index (χ3n) is 5.40. The number of aromatic nitrogens is 2. The maximum atomic E-state index is 15.0. The maximum absolute atomic E-state index is 15.0. The molecule has 4 rings (SSSR count). The van der Waals surface area contributed by atoms with Crippen LogP contribution in [0.1, 0.15) is 35.7 Å². The number of rotatable bonds is 6. The molecule has 10 heteroatoms. The second kappa shape index (κ2) is 7.43. The molecule has 154 valence electrons. The van der Waals surface area contributed by atoms with E-state index >= 15 is 0 Å². The van der Waals surface area contributed by atoms with Crippen LogP contribution in [0.2, 0.25) is 0 Å². The standard InChI is InChI=1S/C19H22FN5O4/c1-29-23-15-9-24(7-10(15)4-5-21)18-14(20)6-12-16(26)13(19(27)28)8-25(11-2-3-11)17(12)22-18/h6,8,10-11H,2-5,7,9,21H2,1H3,(H,27,28). The highest BCUT2D eigenvalue weighted by Crippen LogP contribution is 2.37. The smallest absolute Gasteiger partial charge is 0.341 e. The number of carboxylic acid groups (broad SMARTS) is 1. The van der Waals surface area contributed by atoms with Crippen molar-refractivity contribution in [3.05, 3.63) is 33.9 Å². The van der Waals surface area contributed by atoms with Crippen LogP contribution >= 0.6 is 0 Å². The SMILES string of the molecule is CON=C1CN(c2nc3c(cc2F)c(=O)c(C(=O)O)cn3C2CC2)CC1CCN. The number of fused-ring (bicyclic) bond motifs is 1. The summed E-state index contributed by atoms with van der Waals surface area (Å²) < 4.78 is 16.6. The van der Waals surface area contributed by atoms with E-state index in [-0.39, 0.29) is 28.7 Å². The van der Waals surface area contributed by atoms with Crippen LogP contribution in [0.5, 0.6) is 0 Å². The van der Waals surface area contributed by atoms with Crippen molar-refractivity contribution in [1.82, 2.24) is 9.55 Å². The van der Waals surface area contributed by atoms with E-state index in [2.05, 4.69) is 10.1 Å². The lowest BCUT2D eigenvalue weighted by atomic mass is 10.0. The molecule has 2 aromatic rings. The summed E-state index contributed by atoms with van der Waals surface area (Å²) in [4.78, 5) is 35.1. The molecule has 2 aromatic heterocycles. The van der Waals surface area contributed by atoms with Gasteiger partial charge in [-0.25, -0.2) is 14.2 Å². The molecule has 1 aliphatic heterocycles. The molecule has 1 saturated carbocycles. The van der Waals surface area contributed by atoms with Crippen molar-refractivity contribution in [3.8, 4) is 0 Å². The van der Waals surface area contributed by atoms with Crippen molar-refractivity contribution in [2.24, 2.45) is 16.8 Å². The second-order valence-corrected chi connectivity index (χ2v) is 7.40. The summed E-state index contributed by atoms with van der Waals surface area (Å²) in [5.41, 5.74) is 5.63. The zero-order valence-electron chi connectivity index (χ0n) is 16.0. The molecule has 0 aromatic carbocycles. The van der Waals surface area contributed by atoms with E-state index in [9.17, 15) is 19.1 Å². The van der Waals surface area contributed by atoms with Gasteiger partial charge in [0, 0.05) is 24.7 Å². The number of pyridine rings is 2. The predicted molar refractivity (Wildman–Crippen MR) is 105 cm³/mol. The van der Waals surface area contributed by atoms with Crippen molar-refractivity contribution in [3.63, 3.8) is 0 Å². The number of carbonyl (C=O) groups is 1. The van der Waals surface area contributed by atoms with Gasteiger partial charge in [-0.05, 0) is 31.9 Å². The molecule has 1 atom stereocenters. The molecule has 1 aliphatic carbocycles. The van der Waals surface area contributed by atoms with E-state index in [1.807, 2.05) is 0 Å². The molecule has 9 nitrogen and oxygen atoms in total. The second-order valence-electron chi connectivity index (χ2n) is 7.40. The molecule has 0 spiro atoms. The van der Waals surface area contributed by atoms with Crippen LogP contribution in [0, 0.1) is 11.7 Å². The third-order valence-corrected chi connectivity index (χ3v) is 5.40. The summed E-state index contributed by atoms with van der Waals surface area (Å²) in [6.45, 7) is 1.29. The summed E-state index contributed by atoms with van der Waals surface area (Å²) in [6.07, 6.45) is 3.72. The predicted octanol–water partition coefficient (Wildman–Crippen LogP) is 1.36. The lowest BCUT2D eigenvalue weighted by molar-refractivity contribution is 0.0695. The monoisotopic (exact) mass is 403 g/mol. The van der Waals surface area contributed by atoms with Crippen molar-refractivity contribution in [1.29, 1.82) is 0 Å². The zero-order chi connectivity index (χ0) is 20.7. The summed E-state index contributed by atoms with van der Waals surface area (Å²) in [5.74, 6) is -1.88. The van der Waals surface area contributed by atoms with Gasteiger partial charge in [-0.3, -0.25) is 4.79 Å². The fraction of sp³-hybridized carbons (Fsp3) is 0.474. The summed E-state index contributed by atoms with van der Waals surface area (Å²) in [6, 6.07) is 1.16. The summed E-state index contributed by atoms with van der Waals surface area (Å²) >= 11 is 0. The fourth-order valence-electron chi connectivity index (χ4n) is 3.84. The Morgan fingerprint density at radius 1 is 1.48 bits per heavy atom. The first kappa shape index (κ1) is 19.3. The average Bonchev–Trinajstić information content (AvgIpc) is 3.45. The highest BCUT2D eigenvalue weighted by molar-refractivity contribution is 5.95. The third kappa shape index (κ3) is 3.44. The molecule has 29 heavy (non-hydrogen) atoms. The van der Waals surface area contributed by atoms with Crippen LogP contribution in [0.15, 0.2) is 22.2 Å². The molecular weight excluding hydrogens is 381 g/mol. The first-order valence-corrected chi connectivity index (χ1v) is 9.48. The number of nitrogens with two attached hydrogens (primary N) is 1. The number of anilines is 1. The van der Waals surface area contributed by atoms with E-state index in [0.29, 0.717) is 31.7 Å². The van der Waals surface area contributed by atoms with Gasteiger partial charge in [0.1, 0.15) is 18.3 Å². The lowest BCUT2D eigenvalue weighted by Crippen LogP contribution is -2.25. The number of carboxylic acids is 1. The molecule has 3 heterocycles. The minimum absolute atomic E-state index is 0.0249. The Balaban J connectivity index is 1.83. The summed E-state index contributed by atoms with van der Waals surface area (Å²) in [7, 11) is 1.46. The molecule has 1 saturated heterocycles.